The lowest BCUT2D eigenvalue weighted by atomic mass is 10.3. The molecular formula is C12H21N5. The summed E-state index contributed by atoms with van der Waals surface area (Å²) >= 11 is 0. The predicted molar refractivity (Wildman–Crippen MR) is 71.7 cm³/mol. The molecule has 1 aromatic rings. The smallest absolute Gasteiger partial charge is 0.230 e. The molecule has 0 saturated heterocycles. The van der Waals surface area contributed by atoms with Crippen LogP contribution in [0.2, 0.25) is 0 Å². The summed E-state index contributed by atoms with van der Waals surface area (Å²) in [5.41, 5.74) is 6.50. The van der Waals surface area contributed by atoms with Crippen LogP contribution in [0.1, 0.15) is 39.4 Å². The number of hydrogen-bond acceptors (Lipinski definition) is 5. The second-order valence-electron chi connectivity index (χ2n) is 4.08. The highest BCUT2D eigenvalue weighted by Gasteiger charge is 2.11. The molecule has 0 atom stereocenters. The molecule has 5 nitrogen and oxygen atoms in total. The van der Waals surface area contributed by atoms with Crippen LogP contribution >= 0.6 is 0 Å². The van der Waals surface area contributed by atoms with Gasteiger partial charge < -0.3 is 10.6 Å². The number of nitrogens with two attached hydrogens (primary N) is 1. The van der Waals surface area contributed by atoms with Crippen LogP contribution in [0.15, 0.2) is 6.58 Å². The van der Waals surface area contributed by atoms with E-state index in [2.05, 4.69) is 40.3 Å². The van der Waals surface area contributed by atoms with Crippen molar-refractivity contribution in [2.24, 2.45) is 0 Å². The molecule has 0 aromatic carbocycles. The minimum atomic E-state index is 0.255. The Morgan fingerprint density at radius 3 is 2.24 bits per heavy atom. The van der Waals surface area contributed by atoms with Crippen LogP contribution in [0, 0.1) is 0 Å². The first kappa shape index (κ1) is 13.4. The molecular weight excluding hydrogens is 214 g/mol. The lowest BCUT2D eigenvalue weighted by Crippen LogP contribution is -2.27. The summed E-state index contributed by atoms with van der Waals surface area (Å²) in [5.74, 6) is 1.48. The monoisotopic (exact) mass is 235 g/mol. The second-order valence-corrected chi connectivity index (χ2v) is 4.08. The van der Waals surface area contributed by atoms with Crippen molar-refractivity contribution in [1.82, 2.24) is 15.0 Å². The molecule has 5 heteroatoms. The van der Waals surface area contributed by atoms with Gasteiger partial charge in [-0.15, -0.1) is 0 Å². The van der Waals surface area contributed by atoms with Crippen LogP contribution < -0.4 is 10.6 Å². The molecule has 0 spiro atoms. The first-order chi connectivity index (χ1) is 8.08. The lowest BCUT2D eigenvalue weighted by molar-refractivity contribution is 0.717. The van der Waals surface area contributed by atoms with Crippen LogP contribution in [0.25, 0.3) is 5.57 Å². The molecule has 0 radical (unpaired) electrons. The van der Waals surface area contributed by atoms with Gasteiger partial charge >= 0.3 is 0 Å². The molecule has 1 rings (SSSR count). The Balaban J connectivity index is 3.04. The highest BCUT2D eigenvalue weighted by molar-refractivity contribution is 5.56. The summed E-state index contributed by atoms with van der Waals surface area (Å²) in [5, 5.41) is 0. The molecule has 0 aliphatic carbocycles. The van der Waals surface area contributed by atoms with E-state index in [4.69, 9.17) is 5.73 Å². The Hall–Kier alpha value is -1.65. The number of nitrogens with zero attached hydrogens (tertiary/aromatic N) is 4. The van der Waals surface area contributed by atoms with Gasteiger partial charge in [0.25, 0.3) is 0 Å². The van der Waals surface area contributed by atoms with E-state index in [9.17, 15) is 0 Å². The van der Waals surface area contributed by atoms with Gasteiger partial charge in [0.15, 0.2) is 5.82 Å². The Morgan fingerprint density at radius 2 is 1.76 bits per heavy atom. The fourth-order valence-corrected chi connectivity index (χ4v) is 1.56. The van der Waals surface area contributed by atoms with Crippen molar-refractivity contribution >= 4 is 17.5 Å². The maximum atomic E-state index is 5.70. The van der Waals surface area contributed by atoms with E-state index >= 15 is 0 Å². The molecule has 0 fully saturated rings. The van der Waals surface area contributed by atoms with Gasteiger partial charge in [0.05, 0.1) is 0 Å². The minimum absolute atomic E-state index is 0.255. The van der Waals surface area contributed by atoms with E-state index in [0.29, 0.717) is 11.8 Å². The molecule has 0 aliphatic heterocycles. The van der Waals surface area contributed by atoms with Crippen molar-refractivity contribution < 1.29 is 0 Å². The van der Waals surface area contributed by atoms with Crippen LogP contribution in [-0.2, 0) is 0 Å². The zero-order valence-corrected chi connectivity index (χ0v) is 10.9. The third kappa shape index (κ3) is 3.69. The average molecular weight is 235 g/mol. The van der Waals surface area contributed by atoms with E-state index in [0.717, 1.165) is 31.5 Å². The van der Waals surface area contributed by atoms with E-state index in [-0.39, 0.29) is 5.95 Å². The number of hydrogen-bond donors (Lipinski definition) is 1. The number of rotatable bonds is 6. The van der Waals surface area contributed by atoms with Crippen molar-refractivity contribution in [3.63, 3.8) is 0 Å². The third-order valence-electron chi connectivity index (χ3n) is 2.29. The standard InChI is InChI=1S/C12H21N5/c1-5-7-17(8-6-2)12-15-10(9(3)4)14-11(13)16-12/h3,5-8H2,1-2,4H3,(H2,13,14,15,16). The van der Waals surface area contributed by atoms with Gasteiger partial charge in [0.1, 0.15) is 0 Å². The second kappa shape index (κ2) is 6.18. The van der Waals surface area contributed by atoms with E-state index < -0.39 is 0 Å². The van der Waals surface area contributed by atoms with Gasteiger partial charge in [-0.1, -0.05) is 20.4 Å². The minimum Gasteiger partial charge on any atom is -0.368 e. The van der Waals surface area contributed by atoms with Crippen molar-refractivity contribution in [2.45, 2.75) is 33.6 Å². The lowest BCUT2D eigenvalue weighted by Gasteiger charge is -2.21. The quantitative estimate of drug-likeness (QED) is 0.818. The molecule has 1 aromatic heterocycles. The third-order valence-corrected chi connectivity index (χ3v) is 2.29. The maximum absolute atomic E-state index is 5.70. The van der Waals surface area contributed by atoms with Crippen LogP contribution in [-0.4, -0.2) is 28.0 Å². The van der Waals surface area contributed by atoms with Gasteiger partial charge in [0, 0.05) is 13.1 Å². The maximum Gasteiger partial charge on any atom is 0.230 e. The first-order valence-electron chi connectivity index (χ1n) is 6.00. The van der Waals surface area contributed by atoms with Gasteiger partial charge in [-0.2, -0.15) is 15.0 Å². The van der Waals surface area contributed by atoms with E-state index in [1.807, 2.05) is 6.92 Å². The largest absolute Gasteiger partial charge is 0.368 e. The number of nitrogen functional groups attached to an aromatic ring is 1. The molecule has 94 valence electrons. The Bertz CT molecular complexity index is 382. The Labute approximate surface area is 103 Å². The number of anilines is 2. The SMILES string of the molecule is C=C(C)c1nc(N)nc(N(CCC)CCC)n1. The summed E-state index contributed by atoms with van der Waals surface area (Å²) in [6, 6.07) is 0. The first-order valence-corrected chi connectivity index (χ1v) is 6.00. The molecule has 1 heterocycles. The molecule has 0 unspecified atom stereocenters. The Morgan fingerprint density at radius 1 is 1.18 bits per heavy atom. The van der Waals surface area contributed by atoms with Gasteiger partial charge in [0.2, 0.25) is 11.9 Å². The molecule has 0 saturated carbocycles. The van der Waals surface area contributed by atoms with Gasteiger partial charge in [-0.05, 0) is 25.3 Å². The average Bonchev–Trinajstić information content (AvgIpc) is 2.28. The zero-order valence-electron chi connectivity index (χ0n) is 10.9. The summed E-state index contributed by atoms with van der Waals surface area (Å²) in [6.07, 6.45) is 2.10. The Kier molecular flexibility index (Phi) is 4.87. The molecule has 0 aliphatic rings. The van der Waals surface area contributed by atoms with E-state index in [1.54, 1.807) is 0 Å². The van der Waals surface area contributed by atoms with Crippen molar-refractivity contribution in [3.8, 4) is 0 Å². The topological polar surface area (TPSA) is 67.9 Å². The molecule has 17 heavy (non-hydrogen) atoms. The summed E-state index contributed by atoms with van der Waals surface area (Å²) in [6.45, 7) is 11.8. The highest BCUT2D eigenvalue weighted by atomic mass is 15.3. The van der Waals surface area contributed by atoms with Crippen molar-refractivity contribution in [3.05, 3.63) is 12.4 Å². The fourth-order valence-electron chi connectivity index (χ4n) is 1.56. The number of allylic oxidation sites excluding steroid dienone is 1. The van der Waals surface area contributed by atoms with Crippen LogP contribution in [0.4, 0.5) is 11.9 Å². The highest BCUT2D eigenvalue weighted by Crippen LogP contribution is 2.14. The van der Waals surface area contributed by atoms with Crippen molar-refractivity contribution in [2.75, 3.05) is 23.7 Å². The molecule has 0 bridgehead atoms. The predicted octanol–water partition coefficient (Wildman–Crippen LogP) is 2.11. The fraction of sp³-hybridized carbons (Fsp3) is 0.583. The summed E-state index contributed by atoms with van der Waals surface area (Å²) in [4.78, 5) is 14.8. The van der Waals surface area contributed by atoms with Crippen LogP contribution in [0.3, 0.4) is 0 Å². The summed E-state index contributed by atoms with van der Waals surface area (Å²) in [7, 11) is 0. The van der Waals surface area contributed by atoms with Crippen LogP contribution in [0.5, 0.6) is 0 Å². The number of aromatic nitrogens is 3. The zero-order chi connectivity index (χ0) is 12.8. The van der Waals surface area contributed by atoms with E-state index in [1.165, 1.54) is 0 Å². The van der Waals surface area contributed by atoms with Crippen molar-refractivity contribution in [1.29, 1.82) is 0 Å². The van der Waals surface area contributed by atoms with Gasteiger partial charge in [-0.25, -0.2) is 0 Å². The molecule has 0 amide bonds. The van der Waals surface area contributed by atoms with Gasteiger partial charge in [-0.3, -0.25) is 0 Å². The normalized spacial score (nSPS) is 10.3. The molecule has 2 N–H and O–H groups in total. The summed E-state index contributed by atoms with van der Waals surface area (Å²) < 4.78 is 0.